The van der Waals surface area contributed by atoms with Gasteiger partial charge >= 0.3 is 0 Å². The molecule has 0 aromatic heterocycles. The Kier molecular flexibility index (Phi) is 4.95. The summed E-state index contributed by atoms with van der Waals surface area (Å²) in [6, 6.07) is 13.3. The number of aryl methyl sites for hydroxylation is 1. The van der Waals surface area contributed by atoms with Crippen molar-refractivity contribution < 1.29 is 9.53 Å². The van der Waals surface area contributed by atoms with Crippen LogP contribution in [0.25, 0.3) is 0 Å². The zero-order valence-corrected chi connectivity index (χ0v) is 12.6. The molecule has 2 rings (SSSR count). The molecule has 0 saturated carbocycles. The van der Waals surface area contributed by atoms with Crippen molar-refractivity contribution in [2.24, 2.45) is 0 Å². The molecule has 0 atom stereocenters. The second-order valence-corrected chi connectivity index (χ2v) is 4.89. The monoisotopic (exact) mass is 284 g/mol. The van der Waals surface area contributed by atoms with Crippen LogP contribution < -0.4 is 15.4 Å². The van der Waals surface area contributed by atoms with Crippen LogP contribution in [0.3, 0.4) is 0 Å². The highest BCUT2D eigenvalue weighted by Gasteiger charge is 2.12. The zero-order valence-electron chi connectivity index (χ0n) is 12.6. The number of carbonyl (C=O) groups excluding carboxylic acids is 1. The van der Waals surface area contributed by atoms with Crippen LogP contribution in [0.4, 0.5) is 5.69 Å². The number of hydrogen-bond acceptors (Lipinski definition) is 3. The van der Waals surface area contributed by atoms with Gasteiger partial charge in [0.25, 0.3) is 5.91 Å². The van der Waals surface area contributed by atoms with Gasteiger partial charge in [0.05, 0.1) is 12.7 Å². The molecule has 0 fully saturated rings. The van der Waals surface area contributed by atoms with Crippen molar-refractivity contribution in [3.8, 4) is 5.75 Å². The van der Waals surface area contributed by atoms with E-state index in [2.05, 4.69) is 10.6 Å². The SMILES string of the molecule is CNCc1cccc(NC(=O)c2cc(C)ccc2OC)c1. The molecule has 0 bridgehead atoms. The van der Waals surface area contributed by atoms with Crippen LogP contribution in [0.2, 0.25) is 0 Å². The molecule has 4 nitrogen and oxygen atoms in total. The van der Waals surface area contributed by atoms with Crippen molar-refractivity contribution in [3.63, 3.8) is 0 Å². The van der Waals surface area contributed by atoms with Gasteiger partial charge in [0.2, 0.25) is 0 Å². The number of carbonyl (C=O) groups is 1. The minimum atomic E-state index is -0.169. The summed E-state index contributed by atoms with van der Waals surface area (Å²) in [4.78, 5) is 12.4. The Bertz CT molecular complexity index is 638. The molecule has 0 saturated heterocycles. The van der Waals surface area contributed by atoms with Gasteiger partial charge in [-0.25, -0.2) is 0 Å². The minimum absolute atomic E-state index is 0.169. The van der Waals surface area contributed by atoms with E-state index in [0.717, 1.165) is 23.4 Å². The molecule has 1 amide bonds. The Morgan fingerprint density at radius 2 is 2.00 bits per heavy atom. The molecule has 21 heavy (non-hydrogen) atoms. The molecular formula is C17H20N2O2. The Morgan fingerprint density at radius 1 is 1.19 bits per heavy atom. The van der Waals surface area contributed by atoms with Gasteiger partial charge in [0.15, 0.2) is 0 Å². The first-order chi connectivity index (χ1) is 10.1. The van der Waals surface area contributed by atoms with E-state index in [0.29, 0.717) is 11.3 Å². The number of nitrogens with one attached hydrogen (secondary N) is 2. The second kappa shape index (κ2) is 6.90. The molecule has 0 radical (unpaired) electrons. The minimum Gasteiger partial charge on any atom is -0.496 e. The average Bonchev–Trinajstić information content (AvgIpc) is 2.48. The average molecular weight is 284 g/mol. The van der Waals surface area contributed by atoms with Crippen molar-refractivity contribution in [3.05, 3.63) is 59.2 Å². The first-order valence-corrected chi connectivity index (χ1v) is 6.83. The summed E-state index contributed by atoms with van der Waals surface area (Å²) in [7, 11) is 3.46. The number of rotatable bonds is 5. The van der Waals surface area contributed by atoms with Gasteiger partial charge in [0, 0.05) is 12.2 Å². The van der Waals surface area contributed by atoms with E-state index in [1.54, 1.807) is 7.11 Å². The fraction of sp³-hybridized carbons (Fsp3) is 0.235. The number of amides is 1. The van der Waals surface area contributed by atoms with Crippen molar-refractivity contribution in [1.29, 1.82) is 0 Å². The van der Waals surface area contributed by atoms with Crippen molar-refractivity contribution in [2.45, 2.75) is 13.5 Å². The summed E-state index contributed by atoms with van der Waals surface area (Å²) in [5, 5.41) is 6.00. The van der Waals surface area contributed by atoms with Crippen molar-refractivity contribution in [2.75, 3.05) is 19.5 Å². The number of benzene rings is 2. The number of anilines is 1. The van der Waals surface area contributed by atoms with Crippen LogP contribution in [-0.2, 0) is 6.54 Å². The molecule has 110 valence electrons. The highest BCUT2D eigenvalue weighted by Crippen LogP contribution is 2.21. The van der Waals surface area contributed by atoms with Crippen molar-refractivity contribution >= 4 is 11.6 Å². The third-order valence-corrected chi connectivity index (χ3v) is 3.17. The fourth-order valence-corrected chi connectivity index (χ4v) is 2.16. The molecule has 2 N–H and O–H groups in total. The summed E-state index contributed by atoms with van der Waals surface area (Å²) in [5.74, 6) is 0.404. The van der Waals surface area contributed by atoms with Crippen LogP contribution in [0, 0.1) is 6.92 Å². The Morgan fingerprint density at radius 3 is 2.71 bits per heavy atom. The molecule has 0 heterocycles. The van der Waals surface area contributed by atoms with Gasteiger partial charge < -0.3 is 15.4 Å². The predicted molar refractivity (Wildman–Crippen MR) is 84.9 cm³/mol. The third-order valence-electron chi connectivity index (χ3n) is 3.17. The Hall–Kier alpha value is -2.33. The van der Waals surface area contributed by atoms with Crippen LogP contribution in [0.1, 0.15) is 21.5 Å². The first-order valence-electron chi connectivity index (χ1n) is 6.83. The summed E-state index contributed by atoms with van der Waals surface area (Å²) < 4.78 is 5.25. The first kappa shape index (κ1) is 15.1. The van der Waals surface area contributed by atoms with E-state index in [4.69, 9.17) is 4.74 Å². The Balaban J connectivity index is 2.21. The molecule has 0 unspecified atom stereocenters. The van der Waals surface area contributed by atoms with E-state index in [-0.39, 0.29) is 5.91 Å². The number of hydrogen-bond donors (Lipinski definition) is 2. The molecule has 0 aliphatic heterocycles. The summed E-state index contributed by atoms with van der Waals surface area (Å²) in [6.45, 7) is 2.71. The maximum absolute atomic E-state index is 12.4. The molecule has 2 aromatic rings. The normalized spacial score (nSPS) is 10.2. The largest absolute Gasteiger partial charge is 0.496 e. The number of methoxy groups -OCH3 is 1. The van der Waals surface area contributed by atoms with Crippen LogP contribution in [-0.4, -0.2) is 20.1 Å². The number of ether oxygens (including phenoxy) is 1. The van der Waals surface area contributed by atoms with E-state index in [1.165, 1.54) is 0 Å². The standard InChI is InChI=1S/C17H20N2O2/c1-12-7-8-16(21-3)15(9-12)17(20)19-14-6-4-5-13(10-14)11-18-2/h4-10,18H,11H2,1-3H3,(H,19,20). The molecule has 0 aliphatic carbocycles. The summed E-state index contributed by atoms with van der Waals surface area (Å²) in [5.41, 5.74) is 3.45. The molecule has 0 aliphatic rings. The van der Waals surface area contributed by atoms with Crippen LogP contribution >= 0.6 is 0 Å². The maximum Gasteiger partial charge on any atom is 0.259 e. The van der Waals surface area contributed by atoms with E-state index >= 15 is 0 Å². The third kappa shape index (κ3) is 3.83. The van der Waals surface area contributed by atoms with Gasteiger partial charge in [-0.1, -0.05) is 23.8 Å². The van der Waals surface area contributed by atoms with Crippen LogP contribution in [0.5, 0.6) is 5.75 Å². The second-order valence-electron chi connectivity index (χ2n) is 4.89. The van der Waals surface area contributed by atoms with Crippen LogP contribution in [0.15, 0.2) is 42.5 Å². The Labute approximate surface area is 125 Å². The smallest absolute Gasteiger partial charge is 0.259 e. The van der Waals surface area contributed by atoms with Gasteiger partial charge in [-0.2, -0.15) is 0 Å². The highest BCUT2D eigenvalue weighted by atomic mass is 16.5. The lowest BCUT2D eigenvalue weighted by Gasteiger charge is -2.11. The zero-order chi connectivity index (χ0) is 15.2. The molecular weight excluding hydrogens is 264 g/mol. The fourth-order valence-electron chi connectivity index (χ4n) is 2.16. The molecule has 4 heteroatoms. The topological polar surface area (TPSA) is 50.4 Å². The summed E-state index contributed by atoms with van der Waals surface area (Å²) >= 11 is 0. The lowest BCUT2D eigenvalue weighted by molar-refractivity contribution is 0.102. The molecule has 0 spiro atoms. The molecule has 2 aromatic carbocycles. The van der Waals surface area contributed by atoms with E-state index < -0.39 is 0 Å². The van der Waals surface area contributed by atoms with Gasteiger partial charge in [-0.3, -0.25) is 4.79 Å². The van der Waals surface area contributed by atoms with Gasteiger partial charge in [-0.15, -0.1) is 0 Å². The summed E-state index contributed by atoms with van der Waals surface area (Å²) in [6.07, 6.45) is 0. The highest BCUT2D eigenvalue weighted by molar-refractivity contribution is 6.06. The quantitative estimate of drug-likeness (QED) is 0.887. The van der Waals surface area contributed by atoms with Gasteiger partial charge in [-0.05, 0) is 43.8 Å². The van der Waals surface area contributed by atoms with E-state index in [1.807, 2.05) is 56.4 Å². The maximum atomic E-state index is 12.4. The predicted octanol–water partition coefficient (Wildman–Crippen LogP) is 2.98. The lowest BCUT2D eigenvalue weighted by atomic mass is 10.1. The van der Waals surface area contributed by atoms with Gasteiger partial charge in [0.1, 0.15) is 5.75 Å². The van der Waals surface area contributed by atoms with E-state index in [9.17, 15) is 4.79 Å². The van der Waals surface area contributed by atoms with Crippen molar-refractivity contribution in [1.82, 2.24) is 5.32 Å². The lowest BCUT2D eigenvalue weighted by Crippen LogP contribution is -2.14.